The average molecular weight is 341 g/mol. The van der Waals surface area contributed by atoms with E-state index in [-0.39, 0.29) is 18.4 Å². The maximum absolute atomic E-state index is 11.9. The maximum Gasteiger partial charge on any atom is 0.251 e. The van der Waals surface area contributed by atoms with Crippen molar-refractivity contribution < 1.29 is 14.7 Å². The van der Waals surface area contributed by atoms with E-state index in [1.165, 1.54) is 0 Å². The second kappa shape index (κ2) is 5.18. The van der Waals surface area contributed by atoms with E-state index in [1.807, 2.05) is 6.07 Å². The third-order valence-electron chi connectivity index (χ3n) is 3.53. The number of piperazine rings is 1. The summed E-state index contributed by atoms with van der Waals surface area (Å²) in [5.41, 5.74) is 0.716. The summed E-state index contributed by atoms with van der Waals surface area (Å²) in [5, 5.41) is 12.0. The van der Waals surface area contributed by atoms with Crippen molar-refractivity contribution in [2.75, 3.05) is 11.4 Å². The Labute approximate surface area is 126 Å². The minimum Gasteiger partial charge on any atom is -0.389 e. The number of benzene rings is 1. The number of aliphatic hydroxyl groups is 1. The van der Waals surface area contributed by atoms with Crippen molar-refractivity contribution in [2.45, 2.75) is 32.4 Å². The molecule has 0 saturated carbocycles. The first-order valence-electron chi connectivity index (χ1n) is 6.33. The van der Waals surface area contributed by atoms with Crippen LogP contribution in [0.1, 0.15) is 32.4 Å². The summed E-state index contributed by atoms with van der Waals surface area (Å²) < 4.78 is 0.749. The Morgan fingerprint density at radius 2 is 2.05 bits per heavy atom. The summed E-state index contributed by atoms with van der Waals surface area (Å²) in [6.45, 7) is 5.34. The van der Waals surface area contributed by atoms with Crippen LogP contribution in [0.5, 0.6) is 0 Å². The van der Waals surface area contributed by atoms with Gasteiger partial charge in [-0.15, -0.1) is 0 Å². The summed E-state index contributed by atoms with van der Waals surface area (Å²) in [5.74, 6) is -0.630. The number of hydrogen-bond donors (Lipinski definition) is 2. The first-order valence-corrected chi connectivity index (χ1v) is 7.12. The van der Waals surface area contributed by atoms with E-state index in [4.69, 9.17) is 0 Å². The van der Waals surface area contributed by atoms with E-state index in [0.29, 0.717) is 0 Å². The number of rotatable bonds is 2. The highest BCUT2D eigenvalue weighted by Gasteiger charge is 2.41. The third-order valence-corrected chi connectivity index (χ3v) is 4.22. The number of halogens is 1. The molecule has 1 heterocycles. The molecule has 1 atom stereocenters. The van der Waals surface area contributed by atoms with Gasteiger partial charge in [0.2, 0.25) is 5.91 Å². The number of hydrogen-bond acceptors (Lipinski definition) is 4. The minimum absolute atomic E-state index is 0.124. The smallest absolute Gasteiger partial charge is 0.251 e. The van der Waals surface area contributed by atoms with Crippen LogP contribution in [-0.2, 0) is 9.59 Å². The number of anilines is 1. The molecule has 5 nitrogen and oxygen atoms in total. The van der Waals surface area contributed by atoms with Crippen molar-refractivity contribution in [3.8, 4) is 0 Å². The number of imide groups is 1. The lowest BCUT2D eigenvalue weighted by molar-refractivity contribution is -0.135. The van der Waals surface area contributed by atoms with Crippen LogP contribution < -0.4 is 10.2 Å². The van der Waals surface area contributed by atoms with Crippen molar-refractivity contribution >= 4 is 33.4 Å². The fourth-order valence-electron chi connectivity index (χ4n) is 2.22. The lowest BCUT2D eigenvalue weighted by Gasteiger charge is -2.42. The quantitative estimate of drug-likeness (QED) is 0.804. The monoisotopic (exact) mass is 340 g/mol. The fourth-order valence-corrected chi connectivity index (χ4v) is 2.92. The molecule has 0 bridgehead atoms. The topological polar surface area (TPSA) is 69.6 Å². The van der Waals surface area contributed by atoms with Crippen LogP contribution in [0.4, 0.5) is 5.69 Å². The summed E-state index contributed by atoms with van der Waals surface area (Å²) in [6.07, 6.45) is -0.585. The Morgan fingerprint density at radius 3 is 2.60 bits per heavy atom. The Bertz CT molecular complexity index is 570. The SMILES string of the molecule is C[C@H](O)c1ccc(N2CC(=O)NC(=O)C2(C)C)cc1Br. The predicted molar refractivity (Wildman–Crippen MR) is 79.4 cm³/mol. The van der Waals surface area contributed by atoms with Gasteiger partial charge in [-0.05, 0) is 38.5 Å². The largest absolute Gasteiger partial charge is 0.389 e. The molecule has 0 spiro atoms. The van der Waals surface area contributed by atoms with Gasteiger partial charge in [0.15, 0.2) is 0 Å². The maximum atomic E-state index is 11.9. The Morgan fingerprint density at radius 1 is 1.40 bits per heavy atom. The molecule has 1 fully saturated rings. The molecule has 0 aliphatic carbocycles. The molecule has 0 radical (unpaired) electrons. The minimum atomic E-state index is -0.806. The van der Waals surface area contributed by atoms with Crippen molar-refractivity contribution in [3.63, 3.8) is 0 Å². The Hall–Kier alpha value is -1.40. The lowest BCUT2D eigenvalue weighted by atomic mass is 9.97. The number of amides is 2. The van der Waals surface area contributed by atoms with Gasteiger partial charge in [-0.3, -0.25) is 14.9 Å². The van der Waals surface area contributed by atoms with Crippen molar-refractivity contribution in [1.82, 2.24) is 5.32 Å². The Kier molecular flexibility index (Phi) is 3.88. The predicted octanol–water partition coefficient (Wildman–Crippen LogP) is 1.74. The number of carbonyl (C=O) groups excluding carboxylic acids is 2. The molecule has 1 aliphatic heterocycles. The van der Waals surface area contributed by atoms with Gasteiger partial charge in [0.05, 0.1) is 12.6 Å². The van der Waals surface area contributed by atoms with Crippen LogP contribution in [0.2, 0.25) is 0 Å². The number of nitrogens with zero attached hydrogens (tertiary/aromatic N) is 1. The molecular formula is C14H17BrN2O3. The van der Waals surface area contributed by atoms with Gasteiger partial charge < -0.3 is 10.0 Å². The standard InChI is InChI=1S/C14H17BrN2O3/c1-8(18)10-5-4-9(6-11(10)15)17-7-12(19)16-13(20)14(17,2)3/h4-6,8,18H,7H2,1-3H3,(H,16,19,20)/t8-/m0/s1. The lowest BCUT2D eigenvalue weighted by Crippen LogP contribution is -2.64. The van der Waals surface area contributed by atoms with E-state index in [2.05, 4.69) is 21.2 Å². The van der Waals surface area contributed by atoms with Crippen molar-refractivity contribution in [2.24, 2.45) is 0 Å². The highest BCUT2D eigenvalue weighted by molar-refractivity contribution is 9.10. The summed E-state index contributed by atoms with van der Waals surface area (Å²) >= 11 is 3.41. The van der Waals surface area contributed by atoms with Gasteiger partial charge in [0, 0.05) is 10.2 Å². The van der Waals surface area contributed by atoms with E-state index in [1.54, 1.807) is 37.8 Å². The highest BCUT2D eigenvalue weighted by atomic mass is 79.9. The zero-order chi connectivity index (χ0) is 15.1. The average Bonchev–Trinajstić information content (AvgIpc) is 2.33. The van der Waals surface area contributed by atoms with Gasteiger partial charge in [-0.1, -0.05) is 22.0 Å². The van der Waals surface area contributed by atoms with Crippen LogP contribution in [0, 0.1) is 0 Å². The molecule has 1 saturated heterocycles. The summed E-state index contributed by atoms with van der Waals surface area (Å²) in [6, 6.07) is 5.41. The van der Waals surface area contributed by atoms with Gasteiger partial charge in [0.1, 0.15) is 5.54 Å². The fraction of sp³-hybridized carbons (Fsp3) is 0.429. The number of carbonyl (C=O) groups is 2. The zero-order valence-electron chi connectivity index (χ0n) is 11.6. The molecule has 2 rings (SSSR count). The Balaban J connectivity index is 2.42. The van der Waals surface area contributed by atoms with Crippen LogP contribution in [0.25, 0.3) is 0 Å². The summed E-state index contributed by atoms with van der Waals surface area (Å²) in [7, 11) is 0. The molecule has 20 heavy (non-hydrogen) atoms. The molecule has 2 N–H and O–H groups in total. The van der Waals surface area contributed by atoms with Crippen LogP contribution in [0.3, 0.4) is 0 Å². The molecule has 6 heteroatoms. The first-order chi connectivity index (χ1) is 9.23. The van der Waals surface area contributed by atoms with E-state index >= 15 is 0 Å². The van der Waals surface area contributed by atoms with Crippen molar-refractivity contribution in [3.05, 3.63) is 28.2 Å². The third kappa shape index (κ3) is 2.58. The van der Waals surface area contributed by atoms with Crippen molar-refractivity contribution in [1.29, 1.82) is 0 Å². The van der Waals surface area contributed by atoms with E-state index in [0.717, 1.165) is 15.7 Å². The molecule has 1 aromatic carbocycles. The van der Waals surface area contributed by atoms with E-state index in [9.17, 15) is 14.7 Å². The molecule has 2 amide bonds. The second-order valence-corrected chi connectivity index (χ2v) is 6.26. The highest BCUT2D eigenvalue weighted by Crippen LogP contribution is 2.32. The van der Waals surface area contributed by atoms with Gasteiger partial charge >= 0.3 is 0 Å². The molecule has 108 valence electrons. The molecule has 0 aromatic heterocycles. The number of nitrogens with one attached hydrogen (secondary N) is 1. The first kappa shape index (κ1) is 15.0. The zero-order valence-corrected chi connectivity index (χ0v) is 13.2. The van der Waals surface area contributed by atoms with Gasteiger partial charge in [0.25, 0.3) is 5.91 Å². The summed E-state index contributed by atoms with van der Waals surface area (Å²) in [4.78, 5) is 25.3. The van der Waals surface area contributed by atoms with Gasteiger partial charge in [-0.2, -0.15) is 0 Å². The van der Waals surface area contributed by atoms with Crippen LogP contribution in [-0.4, -0.2) is 29.0 Å². The van der Waals surface area contributed by atoms with Crippen LogP contribution >= 0.6 is 15.9 Å². The molecule has 1 aromatic rings. The number of aliphatic hydroxyl groups excluding tert-OH is 1. The van der Waals surface area contributed by atoms with Crippen LogP contribution in [0.15, 0.2) is 22.7 Å². The van der Waals surface area contributed by atoms with E-state index < -0.39 is 11.6 Å². The molecular weight excluding hydrogens is 324 g/mol. The second-order valence-electron chi connectivity index (χ2n) is 5.40. The molecule has 1 aliphatic rings. The normalized spacial score (nSPS) is 19.8. The van der Waals surface area contributed by atoms with Gasteiger partial charge in [-0.25, -0.2) is 0 Å². The molecule has 0 unspecified atom stereocenters.